The highest BCUT2D eigenvalue weighted by Gasteiger charge is 2.71. The molecule has 15 nitrogen and oxygen atoms in total. The Labute approximate surface area is 363 Å². The first kappa shape index (κ1) is 44.0. The van der Waals surface area contributed by atoms with Gasteiger partial charge in [0.1, 0.15) is 60.4 Å². The molecule has 9 aliphatic rings. The number of methoxy groups -OCH3 is 1. The van der Waals surface area contributed by atoms with E-state index < -0.39 is 80.1 Å². The van der Waals surface area contributed by atoms with E-state index in [4.69, 9.17) is 42.6 Å². The van der Waals surface area contributed by atoms with Crippen LogP contribution in [0.4, 0.5) is 0 Å². The van der Waals surface area contributed by atoms with E-state index >= 15 is 0 Å². The van der Waals surface area contributed by atoms with Crippen LogP contribution in [0.2, 0.25) is 0 Å². The van der Waals surface area contributed by atoms with Gasteiger partial charge in [-0.2, -0.15) is 0 Å². The van der Waals surface area contributed by atoms with Crippen molar-refractivity contribution in [1.29, 1.82) is 0 Å². The third kappa shape index (κ3) is 7.05. The molecule has 15 heteroatoms. The van der Waals surface area contributed by atoms with Crippen LogP contribution >= 0.6 is 0 Å². The molecule has 346 valence electrons. The van der Waals surface area contributed by atoms with Gasteiger partial charge in [0.25, 0.3) is 0 Å². The summed E-state index contributed by atoms with van der Waals surface area (Å²) >= 11 is 0. The van der Waals surface area contributed by atoms with Crippen molar-refractivity contribution < 1.29 is 73.0 Å². The maximum atomic E-state index is 14.6. The van der Waals surface area contributed by atoms with Crippen LogP contribution in [0.25, 0.3) is 0 Å². The second kappa shape index (κ2) is 16.5. The molecule has 1 spiro atoms. The number of hydrogen-bond acceptors (Lipinski definition) is 15. The molecule has 4 aliphatic carbocycles. The van der Waals surface area contributed by atoms with Gasteiger partial charge in [-0.25, -0.2) is 0 Å². The topological polar surface area (TPSA) is 201 Å². The normalized spacial score (nSPS) is 53.6. The molecule has 0 radical (unpaired) electrons. The largest absolute Gasteiger partial charge is 0.497 e. The van der Waals surface area contributed by atoms with Crippen molar-refractivity contribution in [2.24, 2.45) is 52.3 Å². The van der Waals surface area contributed by atoms with Crippen molar-refractivity contribution in [3.63, 3.8) is 0 Å². The standard InChI is InChI=1S/C47H68O15/c1-22-12-15-47(56-20-22)23(2)34-31(62-47)17-29-28-11-8-25-16-27(13-14-45(25,3)35(28)30(49)18-46(29,34)4)57-43-38(52)36(50)40(32(19-48)58-43)61-44-39(53)37(51)41-33(59-44)21-55-42(60-41)24-6-9-26(54-5)10-7-24/h6-7,9-10,22-23,25,27-29,31-44,48,50-53H,8,11-21H2,1-5H3/t22-,23?,25+,27+,28+,29+,31?,32-,33-,34?,35-,36-,37-,38-,39-,40-,41-,42?,43-,44+,45+,46+,47-/m1/s1. The summed E-state index contributed by atoms with van der Waals surface area (Å²) in [5, 5.41) is 55.6. The highest BCUT2D eigenvalue weighted by molar-refractivity contribution is 5.84. The fraction of sp³-hybridized carbons (Fsp3) is 0.851. The minimum absolute atomic E-state index is 0.0126. The number of aliphatic hydroxyl groups excluding tert-OH is 5. The van der Waals surface area contributed by atoms with Crippen LogP contribution in [0, 0.1) is 52.3 Å². The molecule has 5 N–H and O–H groups in total. The molecule has 62 heavy (non-hydrogen) atoms. The SMILES string of the molecule is COc1ccc(C2OC[C@H]3O[C@@H](O[C@H]4[C@H](O)[C@@H](O)[C@H](O[C@H]5CC[C@@]6(C)[C@@H](CC[C@@H]7[C@@H]6C(=O)C[C@]6(C)C8C(C[C@@H]76)O[C@]6(CC[C@@H](C)CO6)C8C)C5)O[C@@H]4CO)[C@H](O)[C@@H](O)[C@@H]3O2)cc1. The van der Waals surface area contributed by atoms with Crippen LogP contribution in [-0.2, 0) is 42.7 Å². The van der Waals surface area contributed by atoms with Gasteiger partial charge in [0, 0.05) is 30.2 Å². The lowest BCUT2D eigenvalue weighted by molar-refractivity contribution is -0.387. The molecule has 10 rings (SSSR count). The number of ether oxygens (including phenoxy) is 9. The first-order valence-electron chi connectivity index (χ1n) is 23.4. The van der Waals surface area contributed by atoms with Crippen LogP contribution in [-0.4, -0.2) is 138 Å². The number of ketones is 1. The van der Waals surface area contributed by atoms with Gasteiger partial charge in [0.15, 0.2) is 24.7 Å². The molecule has 0 bridgehead atoms. The van der Waals surface area contributed by atoms with Gasteiger partial charge >= 0.3 is 0 Å². The van der Waals surface area contributed by atoms with Crippen molar-refractivity contribution in [2.75, 3.05) is 26.9 Å². The summed E-state index contributed by atoms with van der Waals surface area (Å²) in [5.74, 6) is 2.62. The van der Waals surface area contributed by atoms with Crippen LogP contribution < -0.4 is 4.74 Å². The molecule has 0 amide bonds. The number of carbonyl (C=O) groups excluding carboxylic acids is 1. The molecule has 1 aromatic rings. The highest BCUT2D eigenvalue weighted by Crippen LogP contribution is 2.70. The van der Waals surface area contributed by atoms with Crippen molar-refractivity contribution in [3.05, 3.63) is 29.8 Å². The van der Waals surface area contributed by atoms with Crippen molar-refractivity contribution >= 4 is 5.78 Å². The van der Waals surface area contributed by atoms with E-state index in [0.29, 0.717) is 60.0 Å². The molecular formula is C47H68O15. The van der Waals surface area contributed by atoms with E-state index in [-0.39, 0.29) is 47.4 Å². The zero-order valence-electron chi connectivity index (χ0n) is 36.7. The summed E-state index contributed by atoms with van der Waals surface area (Å²) in [6, 6.07) is 7.09. The van der Waals surface area contributed by atoms with Crippen molar-refractivity contribution in [2.45, 2.75) is 171 Å². The Bertz CT molecular complexity index is 1770. The Balaban J connectivity index is 0.755. The lowest BCUT2D eigenvalue weighted by Crippen LogP contribution is -2.66. The molecule has 5 heterocycles. The molecule has 23 atom stereocenters. The fourth-order valence-electron chi connectivity index (χ4n) is 14.5. The number of hydrogen-bond donors (Lipinski definition) is 5. The minimum Gasteiger partial charge on any atom is -0.497 e. The van der Waals surface area contributed by atoms with E-state index in [1.807, 2.05) is 0 Å². The molecule has 5 aliphatic heterocycles. The summed E-state index contributed by atoms with van der Waals surface area (Å²) < 4.78 is 55.1. The highest BCUT2D eigenvalue weighted by atomic mass is 16.8. The summed E-state index contributed by atoms with van der Waals surface area (Å²) in [5.41, 5.74) is 0.411. The predicted octanol–water partition coefficient (Wildman–Crippen LogP) is 3.39. The van der Waals surface area contributed by atoms with E-state index in [0.717, 1.165) is 45.1 Å². The number of Topliss-reactive ketones (excluding diaryl/α,β-unsaturated/α-hetero) is 1. The molecule has 1 aromatic carbocycles. The zero-order valence-corrected chi connectivity index (χ0v) is 36.7. The average molecular weight is 873 g/mol. The van der Waals surface area contributed by atoms with Gasteiger partial charge in [0.05, 0.1) is 39.1 Å². The van der Waals surface area contributed by atoms with Crippen molar-refractivity contribution in [3.8, 4) is 5.75 Å². The monoisotopic (exact) mass is 872 g/mol. The average Bonchev–Trinajstić information content (AvgIpc) is 3.71. The third-order valence-electron chi connectivity index (χ3n) is 17.7. The smallest absolute Gasteiger partial charge is 0.187 e. The molecule has 5 saturated heterocycles. The van der Waals surface area contributed by atoms with Gasteiger partial charge in [-0.3, -0.25) is 4.79 Å². The molecular weight excluding hydrogens is 805 g/mol. The third-order valence-corrected chi connectivity index (χ3v) is 17.7. The Kier molecular flexibility index (Phi) is 11.7. The van der Waals surface area contributed by atoms with Gasteiger partial charge in [-0.05, 0) is 97.5 Å². The molecule has 4 saturated carbocycles. The summed E-state index contributed by atoms with van der Waals surface area (Å²) in [6.45, 7) is 9.40. The van der Waals surface area contributed by atoms with E-state index in [2.05, 4.69) is 27.7 Å². The first-order valence-corrected chi connectivity index (χ1v) is 23.4. The summed E-state index contributed by atoms with van der Waals surface area (Å²) in [6.07, 6.45) is -6.43. The predicted molar refractivity (Wildman–Crippen MR) is 217 cm³/mol. The number of fused-ring (bicyclic) bond motifs is 8. The van der Waals surface area contributed by atoms with Crippen LogP contribution in [0.5, 0.6) is 5.75 Å². The van der Waals surface area contributed by atoms with Crippen LogP contribution in [0.15, 0.2) is 24.3 Å². The number of rotatable bonds is 7. The second-order valence-electron chi connectivity index (χ2n) is 21.1. The first-order chi connectivity index (χ1) is 29.7. The summed E-state index contributed by atoms with van der Waals surface area (Å²) in [7, 11) is 1.57. The lowest BCUT2D eigenvalue weighted by atomic mass is 9.44. The second-order valence-corrected chi connectivity index (χ2v) is 21.1. The Morgan fingerprint density at radius 1 is 0.806 bits per heavy atom. The zero-order chi connectivity index (χ0) is 43.5. The maximum absolute atomic E-state index is 14.6. The Morgan fingerprint density at radius 3 is 2.29 bits per heavy atom. The number of carbonyl (C=O) groups is 1. The van der Waals surface area contributed by atoms with Crippen LogP contribution in [0.3, 0.4) is 0 Å². The van der Waals surface area contributed by atoms with Gasteiger partial charge < -0.3 is 68.2 Å². The van der Waals surface area contributed by atoms with Crippen LogP contribution in [0.1, 0.15) is 97.3 Å². The van der Waals surface area contributed by atoms with Gasteiger partial charge in [-0.15, -0.1) is 0 Å². The molecule has 9 fully saturated rings. The van der Waals surface area contributed by atoms with E-state index in [1.54, 1.807) is 31.4 Å². The van der Waals surface area contributed by atoms with E-state index in [9.17, 15) is 30.3 Å². The number of aliphatic hydroxyl groups is 5. The Morgan fingerprint density at radius 2 is 1.56 bits per heavy atom. The summed E-state index contributed by atoms with van der Waals surface area (Å²) in [4.78, 5) is 14.6. The Hall–Kier alpha value is -1.83. The quantitative estimate of drug-likeness (QED) is 0.250. The molecule has 4 unspecified atom stereocenters. The minimum atomic E-state index is -1.60. The van der Waals surface area contributed by atoms with Crippen molar-refractivity contribution in [1.82, 2.24) is 0 Å². The number of benzene rings is 1. The molecule has 0 aromatic heterocycles. The maximum Gasteiger partial charge on any atom is 0.187 e. The lowest BCUT2D eigenvalue weighted by Gasteiger charge is -2.60. The van der Waals surface area contributed by atoms with Gasteiger partial charge in [0.2, 0.25) is 0 Å². The van der Waals surface area contributed by atoms with Gasteiger partial charge in [-0.1, -0.05) is 39.8 Å². The van der Waals surface area contributed by atoms with E-state index in [1.165, 1.54) is 0 Å². The fourth-order valence-corrected chi connectivity index (χ4v) is 14.5.